The number of fused-ring (bicyclic) bond motifs is 1. The first-order valence-corrected chi connectivity index (χ1v) is 7.98. The van der Waals surface area contributed by atoms with Gasteiger partial charge in [0.05, 0.1) is 26.8 Å². The van der Waals surface area contributed by atoms with Crippen LogP contribution in [0.25, 0.3) is 10.9 Å². The van der Waals surface area contributed by atoms with Gasteiger partial charge in [-0.25, -0.2) is 9.97 Å². The predicted octanol–water partition coefficient (Wildman–Crippen LogP) is 3.31. The molecular weight excluding hydrogens is 318 g/mol. The Hall–Kier alpha value is -3.02. The summed E-state index contributed by atoms with van der Waals surface area (Å²) in [5.41, 5.74) is 2.03. The molecule has 0 radical (unpaired) electrons. The van der Waals surface area contributed by atoms with Crippen LogP contribution in [-0.2, 0) is 6.42 Å². The first-order chi connectivity index (χ1) is 12.2. The normalized spacial score (nSPS) is 10.5. The molecule has 6 heteroatoms. The number of nitrogens with zero attached hydrogens (tertiary/aromatic N) is 2. The van der Waals surface area contributed by atoms with Crippen LogP contribution in [0.5, 0.6) is 17.2 Å². The van der Waals surface area contributed by atoms with E-state index in [1.54, 1.807) is 27.7 Å². The van der Waals surface area contributed by atoms with Gasteiger partial charge in [-0.15, -0.1) is 0 Å². The summed E-state index contributed by atoms with van der Waals surface area (Å²) in [5.74, 6) is 2.94. The average molecular weight is 339 g/mol. The second kappa shape index (κ2) is 7.70. The molecule has 1 N–H and O–H groups in total. The van der Waals surface area contributed by atoms with Gasteiger partial charge in [-0.1, -0.05) is 12.1 Å². The van der Waals surface area contributed by atoms with Crippen LogP contribution in [0.15, 0.2) is 42.7 Å². The van der Waals surface area contributed by atoms with Crippen molar-refractivity contribution in [3.8, 4) is 17.2 Å². The van der Waals surface area contributed by atoms with E-state index in [0.29, 0.717) is 11.5 Å². The van der Waals surface area contributed by atoms with E-state index in [0.717, 1.165) is 35.4 Å². The molecule has 130 valence electrons. The summed E-state index contributed by atoms with van der Waals surface area (Å²) in [7, 11) is 4.89. The van der Waals surface area contributed by atoms with Crippen molar-refractivity contribution in [1.82, 2.24) is 9.97 Å². The molecule has 0 bridgehead atoms. The van der Waals surface area contributed by atoms with Crippen LogP contribution in [0.4, 0.5) is 5.82 Å². The zero-order chi connectivity index (χ0) is 17.6. The Morgan fingerprint density at radius 3 is 2.28 bits per heavy atom. The van der Waals surface area contributed by atoms with Crippen LogP contribution in [-0.4, -0.2) is 37.8 Å². The predicted molar refractivity (Wildman–Crippen MR) is 97.8 cm³/mol. The highest BCUT2D eigenvalue weighted by Crippen LogP contribution is 2.33. The van der Waals surface area contributed by atoms with Crippen molar-refractivity contribution < 1.29 is 14.2 Å². The van der Waals surface area contributed by atoms with Crippen LogP contribution < -0.4 is 19.5 Å². The molecule has 0 unspecified atom stereocenters. The molecule has 3 rings (SSSR count). The minimum atomic E-state index is 0.651. The number of aromatic nitrogens is 2. The van der Waals surface area contributed by atoms with E-state index < -0.39 is 0 Å². The maximum Gasteiger partial charge on any atom is 0.162 e. The summed E-state index contributed by atoms with van der Waals surface area (Å²) < 4.78 is 15.9. The summed E-state index contributed by atoms with van der Waals surface area (Å²) in [6, 6.07) is 11.8. The minimum Gasteiger partial charge on any atom is -0.497 e. The van der Waals surface area contributed by atoms with Gasteiger partial charge < -0.3 is 19.5 Å². The summed E-state index contributed by atoms with van der Waals surface area (Å²) in [6.07, 6.45) is 2.42. The van der Waals surface area contributed by atoms with Crippen molar-refractivity contribution in [3.63, 3.8) is 0 Å². The van der Waals surface area contributed by atoms with Gasteiger partial charge in [0.1, 0.15) is 17.9 Å². The zero-order valence-electron chi connectivity index (χ0n) is 14.6. The number of benzene rings is 2. The largest absolute Gasteiger partial charge is 0.497 e. The smallest absolute Gasteiger partial charge is 0.162 e. The lowest BCUT2D eigenvalue weighted by Gasteiger charge is -2.12. The van der Waals surface area contributed by atoms with Gasteiger partial charge in [0.15, 0.2) is 11.5 Å². The summed E-state index contributed by atoms with van der Waals surface area (Å²) in [5, 5.41) is 4.27. The molecule has 0 aliphatic carbocycles. The van der Waals surface area contributed by atoms with Crippen molar-refractivity contribution in [2.75, 3.05) is 33.2 Å². The molecule has 0 aliphatic rings. The monoisotopic (exact) mass is 339 g/mol. The Morgan fingerprint density at radius 1 is 0.880 bits per heavy atom. The Bertz CT molecular complexity index is 850. The second-order valence-corrected chi connectivity index (χ2v) is 5.47. The van der Waals surface area contributed by atoms with E-state index in [-0.39, 0.29) is 0 Å². The van der Waals surface area contributed by atoms with Gasteiger partial charge in [0, 0.05) is 18.0 Å². The Balaban J connectivity index is 1.76. The molecule has 3 aromatic rings. The Morgan fingerprint density at radius 2 is 1.60 bits per heavy atom. The van der Waals surface area contributed by atoms with E-state index in [2.05, 4.69) is 27.4 Å². The molecule has 0 saturated heterocycles. The second-order valence-electron chi connectivity index (χ2n) is 5.47. The third-order valence-electron chi connectivity index (χ3n) is 4.01. The first kappa shape index (κ1) is 16.8. The number of methoxy groups -OCH3 is 3. The molecule has 0 atom stereocenters. The van der Waals surface area contributed by atoms with Crippen LogP contribution in [0.1, 0.15) is 5.56 Å². The summed E-state index contributed by atoms with van der Waals surface area (Å²) >= 11 is 0. The number of ether oxygens (including phenoxy) is 3. The standard InChI is InChI=1S/C19H21N3O3/c1-23-14-6-4-13(5-7-14)8-9-20-19-15-10-17(24-2)18(25-3)11-16(15)21-12-22-19/h4-7,10-12H,8-9H2,1-3H3,(H,20,21,22). The lowest BCUT2D eigenvalue weighted by molar-refractivity contribution is 0.356. The maximum atomic E-state index is 5.37. The quantitative estimate of drug-likeness (QED) is 0.712. The summed E-state index contributed by atoms with van der Waals surface area (Å²) in [4.78, 5) is 8.67. The number of nitrogens with one attached hydrogen (secondary N) is 1. The van der Waals surface area contributed by atoms with Crippen molar-refractivity contribution in [3.05, 3.63) is 48.3 Å². The zero-order valence-corrected chi connectivity index (χ0v) is 14.6. The molecule has 0 saturated carbocycles. The van der Waals surface area contributed by atoms with E-state index in [4.69, 9.17) is 14.2 Å². The lowest BCUT2D eigenvalue weighted by Crippen LogP contribution is -2.07. The molecule has 2 aromatic carbocycles. The number of rotatable bonds is 7. The molecule has 1 heterocycles. The first-order valence-electron chi connectivity index (χ1n) is 7.98. The van der Waals surface area contributed by atoms with Gasteiger partial charge in [-0.05, 0) is 30.2 Å². The molecule has 25 heavy (non-hydrogen) atoms. The van der Waals surface area contributed by atoms with Crippen molar-refractivity contribution in [2.45, 2.75) is 6.42 Å². The van der Waals surface area contributed by atoms with E-state index in [9.17, 15) is 0 Å². The van der Waals surface area contributed by atoms with Gasteiger partial charge in [0.2, 0.25) is 0 Å². The number of anilines is 1. The molecule has 0 spiro atoms. The third-order valence-corrected chi connectivity index (χ3v) is 4.01. The summed E-state index contributed by atoms with van der Waals surface area (Å²) in [6.45, 7) is 0.757. The van der Waals surface area contributed by atoms with E-state index >= 15 is 0 Å². The number of hydrogen-bond donors (Lipinski definition) is 1. The van der Waals surface area contributed by atoms with Gasteiger partial charge in [-0.3, -0.25) is 0 Å². The number of hydrogen-bond acceptors (Lipinski definition) is 6. The Kier molecular flexibility index (Phi) is 5.18. The lowest BCUT2D eigenvalue weighted by atomic mass is 10.1. The minimum absolute atomic E-state index is 0.651. The van der Waals surface area contributed by atoms with E-state index in [1.165, 1.54) is 5.56 Å². The van der Waals surface area contributed by atoms with Crippen LogP contribution in [0.3, 0.4) is 0 Å². The van der Waals surface area contributed by atoms with Crippen molar-refractivity contribution >= 4 is 16.7 Å². The molecule has 0 amide bonds. The third kappa shape index (κ3) is 3.74. The maximum absolute atomic E-state index is 5.37. The highest BCUT2D eigenvalue weighted by Gasteiger charge is 2.10. The fourth-order valence-electron chi connectivity index (χ4n) is 2.64. The average Bonchev–Trinajstić information content (AvgIpc) is 2.67. The van der Waals surface area contributed by atoms with Crippen LogP contribution in [0, 0.1) is 0 Å². The van der Waals surface area contributed by atoms with Gasteiger partial charge in [0.25, 0.3) is 0 Å². The molecule has 0 fully saturated rings. The van der Waals surface area contributed by atoms with Crippen molar-refractivity contribution in [2.24, 2.45) is 0 Å². The van der Waals surface area contributed by atoms with Crippen LogP contribution in [0.2, 0.25) is 0 Å². The fraction of sp³-hybridized carbons (Fsp3) is 0.263. The highest BCUT2D eigenvalue weighted by molar-refractivity contribution is 5.91. The molecule has 6 nitrogen and oxygen atoms in total. The van der Waals surface area contributed by atoms with Gasteiger partial charge in [-0.2, -0.15) is 0 Å². The molecule has 0 aliphatic heterocycles. The molecule has 1 aromatic heterocycles. The fourth-order valence-corrected chi connectivity index (χ4v) is 2.64. The topological polar surface area (TPSA) is 65.5 Å². The van der Waals surface area contributed by atoms with E-state index in [1.807, 2.05) is 24.3 Å². The highest BCUT2D eigenvalue weighted by atomic mass is 16.5. The van der Waals surface area contributed by atoms with Gasteiger partial charge >= 0.3 is 0 Å². The Labute approximate surface area is 146 Å². The SMILES string of the molecule is COc1ccc(CCNc2ncnc3cc(OC)c(OC)cc23)cc1. The molecular formula is C19H21N3O3. The van der Waals surface area contributed by atoms with Crippen molar-refractivity contribution in [1.29, 1.82) is 0 Å². The van der Waals surface area contributed by atoms with Crippen LogP contribution >= 0.6 is 0 Å².